The quantitative estimate of drug-likeness (QED) is 0.505. The van der Waals surface area contributed by atoms with Gasteiger partial charge in [-0.15, -0.1) is 0 Å². The highest BCUT2D eigenvalue weighted by atomic mass is 32.2. The van der Waals surface area contributed by atoms with Crippen molar-refractivity contribution in [1.82, 2.24) is 4.72 Å². The van der Waals surface area contributed by atoms with Crippen molar-refractivity contribution in [2.24, 2.45) is 0 Å². The summed E-state index contributed by atoms with van der Waals surface area (Å²) in [4.78, 5) is 10.7. The molecule has 0 bridgehead atoms. The van der Waals surface area contributed by atoms with Crippen molar-refractivity contribution in [3.05, 3.63) is 12.7 Å². The van der Waals surface area contributed by atoms with Gasteiger partial charge in [-0.25, -0.2) is 4.72 Å². The maximum atomic E-state index is 11.0. The molecule has 0 spiro atoms. The zero-order valence-electron chi connectivity index (χ0n) is 8.86. The second-order valence-corrected chi connectivity index (χ2v) is 4.36. The van der Waals surface area contributed by atoms with E-state index in [0.29, 0.717) is 6.42 Å². The van der Waals surface area contributed by atoms with E-state index in [9.17, 15) is 13.2 Å². The van der Waals surface area contributed by atoms with Crippen molar-refractivity contribution in [2.45, 2.75) is 32.6 Å². The molecule has 0 radical (unpaired) electrons. The Morgan fingerprint density at radius 1 is 1.40 bits per heavy atom. The third kappa shape index (κ3) is 8.14. The molecule has 0 aromatic heterocycles. The van der Waals surface area contributed by atoms with Crippen LogP contribution in [0.5, 0.6) is 0 Å². The average molecular weight is 235 g/mol. The van der Waals surface area contributed by atoms with Crippen molar-refractivity contribution in [3.63, 3.8) is 0 Å². The first-order chi connectivity index (χ1) is 7.02. The predicted molar refractivity (Wildman–Crippen MR) is 57.4 cm³/mol. The van der Waals surface area contributed by atoms with Gasteiger partial charge in [0.2, 0.25) is 0 Å². The fourth-order valence-corrected chi connectivity index (χ4v) is 1.62. The number of unbranched alkanes of at least 4 members (excludes halogenated alkanes) is 3. The van der Waals surface area contributed by atoms with Gasteiger partial charge >= 0.3 is 10.3 Å². The lowest BCUT2D eigenvalue weighted by atomic mass is 10.2. The molecule has 0 unspecified atom stereocenters. The van der Waals surface area contributed by atoms with Gasteiger partial charge in [0.1, 0.15) is 0 Å². The first kappa shape index (κ1) is 14.1. The molecule has 88 valence electrons. The molecular weight excluding hydrogens is 218 g/mol. The van der Waals surface area contributed by atoms with Gasteiger partial charge in [-0.3, -0.25) is 8.98 Å². The number of carbonyl (C=O) groups excluding carboxylic acids is 1. The minimum atomic E-state index is -3.95. The summed E-state index contributed by atoms with van der Waals surface area (Å²) >= 11 is 0. The van der Waals surface area contributed by atoms with Gasteiger partial charge in [-0.05, 0) is 12.5 Å². The largest absolute Gasteiger partial charge is 0.362 e. The minimum absolute atomic E-state index is 0.0970. The zero-order valence-corrected chi connectivity index (χ0v) is 9.68. The van der Waals surface area contributed by atoms with Gasteiger partial charge < -0.3 is 0 Å². The van der Waals surface area contributed by atoms with E-state index in [0.717, 1.165) is 25.3 Å². The van der Waals surface area contributed by atoms with E-state index in [1.54, 1.807) is 4.72 Å². The molecule has 0 aromatic carbocycles. The molecule has 0 saturated heterocycles. The van der Waals surface area contributed by atoms with Crippen LogP contribution >= 0.6 is 0 Å². The molecule has 15 heavy (non-hydrogen) atoms. The van der Waals surface area contributed by atoms with Crippen molar-refractivity contribution in [1.29, 1.82) is 0 Å². The van der Waals surface area contributed by atoms with Gasteiger partial charge in [-0.1, -0.05) is 32.8 Å². The molecule has 0 rings (SSSR count). The van der Waals surface area contributed by atoms with Gasteiger partial charge in [0, 0.05) is 0 Å². The van der Waals surface area contributed by atoms with Crippen LogP contribution in [-0.2, 0) is 19.3 Å². The van der Waals surface area contributed by atoms with Gasteiger partial charge in [0.25, 0.3) is 5.91 Å². The molecule has 0 saturated carbocycles. The molecule has 0 heterocycles. The lowest BCUT2D eigenvalue weighted by Crippen LogP contribution is -2.30. The molecule has 0 aliphatic heterocycles. The molecule has 0 fully saturated rings. The van der Waals surface area contributed by atoms with Crippen molar-refractivity contribution >= 4 is 16.2 Å². The molecule has 5 nitrogen and oxygen atoms in total. The number of amides is 1. The maximum Gasteiger partial charge on any atom is 0.362 e. The molecule has 6 heteroatoms. The van der Waals surface area contributed by atoms with Crippen LogP contribution in [0, 0.1) is 0 Å². The highest BCUT2D eigenvalue weighted by molar-refractivity contribution is 7.85. The minimum Gasteiger partial charge on any atom is -0.269 e. The third-order valence-corrected chi connectivity index (χ3v) is 2.58. The maximum absolute atomic E-state index is 11.0. The fraction of sp³-hybridized carbons (Fsp3) is 0.667. The predicted octanol–water partition coefficient (Wildman–Crippen LogP) is 1.13. The van der Waals surface area contributed by atoms with Crippen LogP contribution in [0.15, 0.2) is 12.7 Å². The van der Waals surface area contributed by atoms with Gasteiger partial charge in [0.05, 0.1) is 6.61 Å². The summed E-state index contributed by atoms with van der Waals surface area (Å²) in [5.41, 5.74) is 0. The van der Waals surface area contributed by atoms with E-state index in [1.165, 1.54) is 0 Å². The second-order valence-electron chi connectivity index (χ2n) is 3.01. The zero-order chi connectivity index (χ0) is 11.7. The van der Waals surface area contributed by atoms with E-state index in [-0.39, 0.29) is 6.61 Å². The van der Waals surface area contributed by atoms with Crippen LogP contribution in [0.25, 0.3) is 0 Å². The first-order valence-electron chi connectivity index (χ1n) is 4.85. The number of nitrogens with one attached hydrogen (secondary N) is 1. The number of rotatable bonds is 8. The Labute approximate surface area is 90.8 Å². The SMILES string of the molecule is C=CC(=O)NS(=O)(=O)OCCCCCC. The Hall–Kier alpha value is -0.880. The molecule has 0 aliphatic rings. The summed E-state index contributed by atoms with van der Waals surface area (Å²) in [6, 6.07) is 0. The Morgan fingerprint density at radius 3 is 2.60 bits per heavy atom. The molecule has 0 atom stereocenters. The van der Waals surface area contributed by atoms with E-state index in [4.69, 9.17) is 0 Å². The first-order valence-corrected chi connectivity index (χ1v) is 6.26. The topological polar surface area (TPSA) is 72.5 Å². The Kier molecular flexibility index (Phi) is 6.98. The highest BCUT2D eigenvalue weighted by Gasteiger charge is 2.12. The van der Waals surface area contributed by atoms with Gasteiger partial charge in [0.15, 0.2) is 0 Å². The van der Waals surface area contributed by atoms with E-state index in [2.05, 4.69) is 17.7 Å². The van der Waals surface area contributed by atoms with Crippen molar-refractivity contribution in [2.75, 3.05) is 6.61 Å². The van der Waals surface area contributed by atoms with Crippen molar-refractivity contribution < 1.29 is 17.4 Å². The summed E-state index contributed by atoms with van der Waals surface area (Å²) in [6.45, 7) is 5.29. The summed E-state index contributed by atoms with van der Waals surface area (Å²) in [6.07, 6.45) is 4.57. The summed E-state index contributed by atoms with van der Waals surface area (Å²) in [5.74, 6) is -0.788. The average Bonchev–Trinajstić information content (AvgIpc) is 2.16. The number of hydrogen-bond acceptors (Lipinski definition) is 4. The van der Waals surface area contributed by atoms with E-state index in [1.807, 2.05) is 0 Å². The molecule has 1 amide bonds. The molecule has 1 N–H and O–H groups in total. The number of hydrogen-bond donors (Lipinski definition) is 1. The lowest BCUT2D eigenvalue weighted by Gasteiger charge is -2.04. The Morgan fingerprint density at radius 2 is 2.07 bits per heavy atom. The van der Waals surface area contributed by atoms with Crippen molar-refractivity contribution in [3.8, 4) is 0 Å². The second kappa shape index (κ2) is 7.42. The molecule has 0 aromatic rings. The highest BCUT2D eigenvalue weighted by Crippen LogP contribution is 2.00. The summed E-state index contributed by atoms with van der Waals surface area (Å²) in [7, 11) is -3.95. The van der Waals surface area contributed by atoms with Gasteiger partial charge in [-0.2, -0.15) is 8.42 Å². The molecule has 0 aliphatic carbocycles. The normalized spacial score (nSPS) is 11.0. The smallest absolute Gasteiger partial charge is 0.269 e. The van der Waals surface area contributed by atoms with Crippen LogP contribution in [0.3, 0.4) is 0 Å². The van der Waals surface area contributed by atoms with E-state index >= 15 is 0 Å². The Bertz CT molecular complexity index is 297. The van der Waals surface area contributed by atoms with Crippen LogP contribution in [-0.4, -0.2) is 20.9 Å². The van der Waals surface area contributed by atoms with Crippen LogP contribution in [0.4, 0.5) is 0 Å². The third-order valence-electron chi connectivity index (χ3n) is 1.65. The number of carbonyl (C=O) groups is 1. The summed E-state index contributed by atoms with van der Waals surface area (Å²) in [5, 5.41) is 0. The fourth-order valence-electron chi connectivity index (χ4n) is 0.892. The lowest BCUT2D eigenvalue weighted by molar-refractivity contribution is -0.114. The molecular formula is C9H17NO4S. The van der Waals surface area contributed by atoms with E-state index < -0.39 is 16.2 Å². The monoisotopic (exact) mass is 235 g/mol. The standard InChI is InChI=1S/C9H17NO4S/c1-3-5-6-7-8-14-15(12,13)10-9(11)4-2/h4H,2-3,5-8H2,1H3,(H,10,11). The van der Waals surface area contributed by atoms with Crippen LogP contribution in [0.2, 0.25) is 0 Å². The van der Waals surface area contributed by atoms with Crippen LogP contribution in [0.1, 0.15) is 32.6 Å². The van der Waals surface area contributed by atoms with Crippen LogP contribution < -0.4 is 4.72 Å². The summed E-state index contributed by atoms with van der Waals surface area (Å²) < 4.78 is 28.3. The Balaban J connectivity index is 3.75.